The van der Waals surface area contributed by atoms with Crippen molar-refractivity contribution in [1.82, 2.24) is 5.32 Å². The van der Waals surface area contributed by atoms with Crippen molar-refractivity contribution >= 4 is 29.1 Å². The van der Waals surface area contributed by atoms with E-state index in [0.29, 0.717) is 34.5 Å². The molecular weight excluding hydrogens is 309 g/mol. The quantitative estimate of drug-likeness (QED) is 0.841. The van der Waals surface area contributed by atoms with Gasteiger partial charge in [0.1, 0.15) is 12.4 Å². The van der Waals surface area contributed by atoms with Gasteiger partial charge in [0.15, 0.2) is 0 Å². The second-order valence-electron chi connectivity index (χ2n) is 4.54. The third kappa shape index (κ3) is 4.66. The molecule has 0 unspecified atom stereocenters. The number of amides is 1. The minimum Gasteiger partial charge on any atom is -0.492 e. The van der Waals surface area contributed by atoms with Gasteiger partial charge in [0.25, 0.3) is 5.91 Å². The van der Waals surface area contributed by atoms with Crippen LogP contribution < -0.4 is 10.1 Å². The molecule has 2 rings (SSSR count). The van der Waals surface area contributed by atoms with Gasteiger partial charge >= 0.3 is 0 Å². The Morgan fingerprint density at radius 2 is 1.86 bits per heavy atom. The highest BCUT2D eigenvalue weighted by molar-refractivity contribution is 6.33. The molecular formula is C16H15Cl2NO2. The summed E-state index contributed by atoms with van der Waals surface area (Å²) in [6.45, 7) is 2.69. The lowest BCUT2D eigenvalue weighted by atomic mass is 10.1. The van der Waals surface area contributed by atoms with E-state index in [-0.39, 0.29) is 5.91 Å². The maximum Gasteiger partial charge on any atom is 0.252 e. The lowest BCUT2D eigenvalue weighted by Crippen LogP contribution is -2.28. The number of hydrogen-bond donors (Lipinski definition) is 1. The Morgan fingerprint density at radius 1 is 1.14 bits per heavy atom. The summed E-state index contributed by atoms with van der Waals surface area (Å²) in [6.07, 6.45) is 0. The van der Waals surface area contributed by atoms with E-state index in [0.717, 1.165) is 5.56 Å². The summed E-state index contributed by atoms with van der Waals surface area (Å²) >= 11 is 11.8. The first-order valence-corrected chi connectivity index (χ1v) is 7.24. The molecule has 0 bridgehead atoms. The number of rotatable bonds is 5. The molecule has 0 aliphatic rings. The average Bonchev–Trinajstić information content (AvgIpc) is 2.45. The molecule has 21 heavy (non-hydrogen) atoms. The van der Waals surface area contributed by atoms with Gasteiger partial charge in [-0.25, -0.2) is 0 Å². The smallest absolute Gasteiger partial charge is 0.252 e. The van der Waals surface area contributed by atoms with Crippen LogP contribution in [0.25, 0.3) is 0 Å². The predicted molar refractivity (Wildman–Crippen MR) is 85.5 cm³/mol. The van der Waals surface area contributed by atoms with Crippen molar-refractivity contribution in [3.05, 3.63) is 63.6 Å². The lowest BCUT2D eigenvalue weighted by Gasteiger charge is -2.09. The number of hydrogen-bond acceptors (Lipinski definition) is 2. The number of carbonyl (C=O) groups excluding carboxylic acids is 1. The van der Waals surface area contributed by atoms with Crippen LogP contribution in [0.1, 0.15) is 15.9 Å². The fourth-order valence-corrected chi connectivity index (χ4v) is 2.21. The summed E-state index contributed by atoms with van der Waals surface area (Å²) in [4.78, 5) is 12.0. The SMILES string of the molecule is Cc1ccc(C(=O)NCCOc2ccc(Cl)cc2)c(Cl)c1. The summed E-state index contributed by atoms with van der Waals surface area (Å²) in [5.41, 5.74) is 1.48. The second-order valence-corrected chi connectivity index (χ2v) is 5.39. The Balaban J connectivity index is 1.80. The number of ether oxygens (including phenoxy) is 1. The molecule has 0 heterocycles. The first kappa shape index (κ1) is 15.7. The normalized spacial score (nSPS) is 10.2. The van der Waals surface area contributed by atoms with E-state index >= 15 is 0 Å². The van der Waals surface area contributed by atoms with Crippen LogP contribution in [0.2, 0.25) is 10.0 Å². The average molecular weight is 324 g/mol. The summed E-state index contributed by atoms with van der Waals surface area (Å²) < 4.78 is 5.49. The largest absolute Gasteiger partial charge is 0.492 e. The zero-order valence-electron chi connectivity index (χ0n) is 11.5. The van der Waals surface area contributed by atoms with Crippen LogP contribution in [0, 0.1) is 6.92 Å². The summed E-state index contributed by atoms with van der Waals surface area (Å²) in [5, 5.41) is 3.87. The maximum absolute atomic E-state index is 12.0. The Bertz CT molecular complexity index is 627. The van der Waals surface area contributed by atoms with E-state index in [1.807, 2.05) is 13.0 Å². The first-order chi connectivity index (χ1) is 10.1. The molecule has 2 aromatic rings. The summed E-state index contributed by atoms with van der Waals surface area (Å²) in [6, 6.07) is 12.4. The van der Waals surface area contributed by atoms with Gasteiger partial charge in [0.05, 0.1) is 17.1 Å². The van der Waals surface area contributed by atoms with Gasteiger partial charge in [-0.05, 0) is 48.9 Å². The van der Waals surface area contributed by atoms with Crippen LogP contribution in [0.5, 0.6) is 5.75 Å². The number of aryl methyl sites for hydroxylation is 1. The van der Waals surface area contributed by atoms with Gasteiger partial charge in [0, 0.05) is 5.02 Å². The predicted octanol–water partition coefficient (Wildman–Crippen LogP) is 4.11. The number of halogens is 2. The molecule has 0 saturated carbocycles. The van der Waals surface area contributed by atoms with Gasteiger partial charge in [0.2, 0.25) is 0 Å². The first-order valence-electron chi connectivity index (χ1n) is 6.49. The van der Waals surface area contributed by atoms with Crippen molar-refractivity contribution in [2.45, 2.75) is 6.92 Å². The third-order valence-electron chi connectivity index (χ3n) is 2.84. The van der Waals surface area contributed by atoms with Gasteiger partial charge in [-0.15, -0.1) is 0 Å². The van der Waals surface area contributed by atoms with Gasteiger partial charge in [-0.2, -0.15) is 0 Å². The highest BCUT2D eigenvalue weighted by atomic mass is 35.5. The Hall–Kier alpha value is -1.71. The van der Waals surface area contributed by atoms with Gasteiger partial charge in [-0.3, -0.25) is 4.79 Å². The zero-order valence-corrected chi connectivity index (χ0v) is 13.0. The van der Waals surface area contributed by atoms with Crippen LogP contribution in [0.4, 0.5) is 0 Å². The van der Waals surface area contributed by atoms with E-state index in [4.69, 9.17) is 27.9 Å². The van der Waals surface area contributed by atoms with Crippen LogP contribution in [-0.4, -0.2) is 19.1 Å². The topological polar surface area (TPSA) is 38.3 Å². The zero-order chi connectivity index (χ0) is 15.2. The van der Waals surface area contributed by atoms with Crippen molar-refractivity contribution in [1.29, 1.82) is 0 Å². The highest BCUT2D eigenvalue weighted by Gasteiger charge is 2.09. The molecule has 0 radical (unpaired) electrons. The fourth-order valence-electron chi connectivity index (χ4n) is 1.76. The van der Waals surface area contributed by atoms with Crippen LogP contribution >= 0.6 is 23.2 Å². The molecule has 3 nitrogen and oxygen atoms in total. The standard InChI is InChI=1S/C16H15Cl2NO2/c1-11-2-7-14(15(18)10-11)16(20)19-8-9-21-13-5-3-12(17)4-6-13/h2-7,10H,8-9H2,1H3,(H,19,20). The monoisotopic (exact) mass is 323 g/mol. The third-order valence-corrected chi connectivity index (χ3v) is 3.40. The molecule has 110 valence electrons. The molecule has 5 heteroatoms. The lowest BCUT2D eigenvalue weighted by molar-refractivity contribution is 0.0947. The minimum atomic E-state index is -0.209. The molecule has 2 aromatic carbocycles. The molecule has 0 spiro atoms. The van der Waals surface area contributed by atoms with E-state index < -0.39 is 0 Å². The molecule has 0 aliphatic heterocycles. The van der Waals surface area contributed by atoms with Crippen molar-refractivity contribution < 1.29 is 9.53 Å². The van der Waals surface area contributed by atoms with Gasteiger partial charge in [-0.1, -0.05) is 29.3 Å². The van der Waals surface area contributed by atoms with E-state index in [1.165, 1.54) is 0 Å². The molecule has 0 aromatic heterocycles. The number of nitrogens with one attached hydrogen (secondary N) is 1. The van der Waals surface area contributed by atoms with Crippen LogP contribution in [0.15, 0.2) is 42.5 Å². The fraction of sp³-hybridized carbons (Fsp3) is 0.188. The second kappa shape index (κ2) is 7.34. The molecule has 1 amide bonds. The summed E-state index contributed by atoms with van der Waals surface area (Å²) in [7, 11) is 0. The molecule has 0 aliphatic carbocycles. The maximum atomic E-state index is 12.0. The number of carbonyl (C=O) groups is 1. The van der Waals surface area contributed by atoms with E-state index in [2.05, 4.69) is 5.32 Å². The minimum absolute atomic E-state index is 0.209. The van der Waals surface area contributed by atoms with Crippen molar-refractivity contribution in [2.75, 3.05) is 13.2 Å². The molecule has 0 fully saturated rings. The van der Waals surface area contributed by atoms with Crippen molar-refractivity contribution in [3.8, 4) is 5.75 Å². The molecule has 1 N–H and O–H groups in total. The summed E-state index contributed by atoms with van der Waals surface area (Å²) in [5.74, 6) is 0.502. The van der Waals surface area contributed by atoms with Crippen LogP contribution in [0.3, 0.4) is 0 Å². The molecule has 0 atom stereocenters. The van der Waals surface area contributed by atoms with E-state index in [9.17, 15) is 4.79 Å². The Labute approximate surface area is 133 Å². The Kier molecular flexibility index (Phi) is 5.48. The number of benzene rings is 2. The highest BCUT2D eigenvalue weighted by Crippen LogP contribution is 2.17. The Morgan fingerprint density at radius 3 is 2.52 bits per heavy atom. The van der Waals surface area contributed by atoms with E-state index in [1.54, 1.807) is 36.4 Å². The van der Waals surface area contributed by atoms with Crippen LogP contribution in [-0.2, 0) is 0 Å². The van der Waals surface area contributed by atoms with Crippen molar-refractivity contribution in [2.24, 2.45) is 0 Å². The van der Waals surface area contributed by atoms with Gasteiger partial charge < -0.3 is 10.1 Å². The molecule has 0 saturated heterocycles. The van der Waals surface area contributed by atoms with Crippen molar-refractivity contribution in [3.63, 3.8) is 0 Å².